The number of nitrogens with one attached hydrogen (secondary N) is 1. The Kier molecular flexibility index (Phi) is 5.41. The number of hydrogen-bond acceptors (Lipinski definition) is 3. The summed E-state index contributed by atoms with van der Waals surface area (Å²) in [5, 5.41) is 3.34. The molecule has 1 N–H and O–H groups in total. The van der Waals surface area contributed by atoms with Crippen LogP contribution in [0.4, 0.5) is 0 Å². The molecule has 1 aromatic rings. The number of rotatable bonds is 5. The predicted molar refractivity (Wildman–Crippen MR) is 80.0 cm³/mol. The van der Waals surface area contributed by atoms with E-state index in [1.54, 1.807) is 7.11 Å². The fourth-order valence-corrected chi connectivity index (χ4v) is 2.78. The summed E-state index contributed by atoms with van der Waals surface area (Å²) in [5.41, 5.74) is 1.04. The summed E-state index contributed by atoms with van der Waals surface area (Å²) in [6, 6.07) is 8.14. The maximum absolute atomic E-state index is 12.5. The molecule has 2 rings (SSSR count). The summed E-state index contributed by atoms with van der Waals surface area (Å²) in [7, 11) is 1.65. The first-order chi connectivity index (χ1) is 9.74. The summed E-state index contributed by atoms with van der Waals surface area (Å²) in [6.07, 6.45) is 2.59. The van der Waals surface area contributed by atoms with E-state index in [0.29, 0.717) is 12.5 Å². The van der Waals surface area contributed by atoms with Gasteiger partial charge in [-0.1, -0.05) is 12.1 Å². The van der Waals surface area contributed by atoms with Crippen LogP contribution in [0.25, 0.3) is 0 Å². The molecule has 0 unspecified atom stereocenters. The first-order valence-electron chi connectivity index (χ1n) is 7.37. The molecular weight excluding hydrogens is 252 g/mol. The minimum absolute atomic E-state index is 0.226. The van der Waals surface area contributed by atoms with Crippen LogP contribution in [0.5, 0.6) is 5.75 Å². The number of likely N-dealkylation sites (N-methyl/N-ethyl adjacent to an activating group) is 1. The molecule has 0 atom stereocenters. The molecule has 1 aliphatic heterocycles. The van der Waals surface area contributed by atoms with Crippen LogP contribution in [0.15, 0.2) is 24.3 Å². The second-order valence-corrected chi connectivity index (χ2v) is 5.19. The third-order valence-corrected chi connectivity index (χ3v) is 3.92. The second kappa shape index (κ2) is 7.29. The maximum Gasteiger partial charge on any atom is 0.227 e. The number of carbonyl (C=O) groups excluding carboxylic acids is 1. The van der Waals surface area contributed by atoms with Gasteiger partial charge in [0.05, 0.1) is 13.5 Å². The number of amides is 1. The highest BCUT2D eigenvalue weighted by atomic mass is 16.5. The number of piperidine rings is 1. The lowest BCUT2D eigenvalue weighted by atomic mass is 10.0. The molecule has 0 aromatic heterocycles. The minimum atomic E-state index is 0.226. The van der Waals surface area contributed by atoms with Gasteiger partial charge in [0, 0.05) is 12.6 Å². The number of ether oxygens (including phenoxy) is 1. The lowest BCUT2D eigenvalue weighted by molar-refractivity contribution is -0.133. The van der Waals surface area contributed by atoms with E-state index in [1.807, 2.05) is 29.2 Å². The van der Waals surface area contributed by atoms with E-state index in [2.05, 4.69) is 12.2 Å². The molecule has 110 valence electrons. The maximum atomic E-state index is 12.5. The Labute approximate surface area is 121 Å². The molecule has 1 saturated heterocycles. The second-order valence-electron chi connectivity index (χ2n) is 5.19. The SMILES string of the molecule is CCN(C(=O)Cc1ccc(OC)cc1)C1CCNCC1. The molecule has 0 radical (unpaired) electrons. The summed E-state index contributed by atoms with van der Waals surface area (Å²) in [6.45, 7) is 4.88. The van der Waals surface area contributed by atoms with Crippen LogP contribution in [-0.2, 0) is 11.2 Å². The van der Waals surface area contributed by atoms with E-state index < -0.39 is 0 Å². The summed E-state index contributed by atoms with van der Waals surface area (Å²) in [5.74, 6) is 1.05. The zero-order chi connectivity index (χ0) is 14.4. The molecule has 4 heteroatoms. The van der Waals surface area contributed by atoms with Gasteiger partial charge in [0.15, 0.2) is 0 Å². The molecule has 1 aliphatic rings. The molecule has 0 aliphatic carbocycles. The van der Waals surface area contributed by atoms with Gasteiger partial charge in [-0.25, -0.2) is 0 Å². The number of nitrogens with zero attached hydrogens (tertiary/aromatic N) is 1. The van der Waals surface area contributed by atoms with E-state index in [1.165, 1.54) is 0 Å². The monoisotopic (exact) mass is 276 g/mol. The van der Waals surface area contributed by atoms with Gasteiger partial charge in [0.1, 0.15) is 5.75 Å². The average molecular weight is 276 g/mol. The molecule has 20 heavy (non-hydrogen) atoms. The number of hydrogen-bond donors (Lipinski definition) is 1. The first-order valence-corrected chi connectivity index (χ1v) is 7.37. The van der Waals surface area contributed by atoms with Crippen molar-refractivity contribution in [2.24, 2.45) is 0 Å². The van der Waals surface area contributed by atoms with E-state index >= 15 is 0 Å². The summed E-state index contributed by atoms with van der Waals surface area (Å²) in [4.78, 5) is 14.5. The van der Waals surface area contributed by atoms with Crippen LogP contribution in [0, 0.1) is 0 Å². The smallest absolute Gasteiger partial charge is 0.227 e. The van der Waals surface area contributed by atoms with Gasteiger partial charge >= 0.3 is 0 Å². The zero-order valence-corrected chi connectivity index (χ0v) is 12.4. The Bertz CT molecular complexity index is 425. The van der Waals surface area contributed by atoms with Crippen LogP contribution in [0.2, 0.25) is 0 Å². The van der Waals surface area contributed by atoms with Crippen LogP contribution in [0.3, 0.4) is 0 Å². The third kappa shape index (κ3) is 3.73. The van der Waals surface area contributed by atoms with Gasteiger partial charge in [-0.3, -0.25) is 4.79 Å². The van der Waals surface area contributed by atoms with Crippen LogP contribution in [0.1, 0.15) is 25.3 Å². The average Bonchev–Trinajstić information content (AvgIpc) is 2.50. The largest absolute Gasteiger partial charge is 0.497 e. The van der Waals surface area contributed by atoms with Gasteiger partial charge < -0.3 is 15.0 Å². The third-order valence-electron chi connectivity index (χ3n) is 3.92. The van der Waals surface area contributed by atoms with Crippen molar-refractivity contribution in [1.82, 2.24) is 10.2 Å². The topological polar surface area (TPSA) is 41.6 Å². The Balaban J connectivity index is 1.97. The van der Waals surface area contributed by atoms with Gasteiger partial charge in [0.2, 0.25) is 5.91 Å². The van der Waals surface area contributed by atoms with Gasteiger partial charge in [-0.05, 0) is 50.6 Å². The van der Waals surface area contributed by atoms with E-state index in [4.69, 9.17) is 4.74 Å². The summed E-state index contributed by atoms with van der Waals surface area (Å²) >= 11 is 0. The number of methoxy groups -OCH3 is 1. The zero-order valence-electron chi connectivity index (χ0n) is 12.4. The quantitative estimate of drug-likeness (QED) is 0.892. The molecule has 1 aromatic carbocycles. The van der Waals surface area contributed by atoms with Crippen molar-refractivity contribution < 1.29 is 9.53 Å². The van der Waals surface area contributed by atoms with Gasteiger partial charge in [-0.15, -0.1) is 0 Å². The van der Waals surface area contributed by atoms with Crippen molar-refractivity contribution in [1.29, 1.82) is 0 Å². The van der Waals surface area contributed by atoms with Crippen molar-refractivity contribution in [3.63, 3.8) is 0 Å². The van der Waals surface area contributed by atoms with E-state index in [9.17, 15) is 4.79 Å². The van der Waals surface area contributed by atoms with Gasteiger partial charge in [-0.2, -0.15) is 0 Å². The molecule has 0 spiro atoms. The molecular formula is C16H24N2O2. The minimum Gasteiger partial charge on any atom is -0.497 e. The number of benzene rings is 1. The standard InChI is InChI=1S/C16H24N2O2/c1-3-18(14-8-10-17-11-9-14)16(19)12-13-4-6-15(20-2)7-5-13/h4-7,14,17H,3,8-12H2,1-2H3. The van der Waals surface area contributed by atoms with Crippen molar-refractivity contribution >= 4 is 5.91 Å². The van der Waals surface area contributed by atoms with Crippen LogP contribution in [-0.4, -0.2) is 43.6 Å². The van der Waals surface area contributed by atoms with Crippen LogP contribution < -0.4 is 10.1 Å². The van der Waals surface area contributed by atoms with Crippen molar-refractivity contribution in [2.45, 2.75) is 32.2 Å². The predicted octanol–water partition coefficient (Wildman–Crippen LogP) is 1.84. The summed E-state index contributed by atoms with van der Waals surface area (Å²) < 4.78 is 5.14. The fourth-order valence-electron chi connectivity index (χ4n) is 2.78. The highest BCUT2D eigenvalue weighted by Gasteiger charge is 2.23. The van der Waals surface area contributed by atoms with E-state index in [-0.39, 0.29) is 5.91 Å². The molecule has 0 saturated carbocycles. The Morgan fingerprint density at radius 3 is 2.50 bits per heavy atom. The Morgan fingerprint density at radius 2 is 1.95 bits per heavy atom. The Morgan fingerprint density at radius 1 is 1.30 bits per heavy atom. The lowest BCUT2D eigenvalue weighted by Gasteiger charge is -2.34. The molecule has 4 nitrogen and oxygen atoms in total. The lowest BCUT2D eigenvalue weighted by Crippen LogP contribution is -2.46. The molecule has 0 bridgehead atoms. The molecule has 1 fully saturated rings. The molecule has 1 heterocycles. The van der Waals surface area contributed by atoms with E-state index in [0.717, 1.165) is 43.8 Å². The van der Waals surface area contributed by atoms with Crippen LogP contribution >= 0.6 is 0 Å². The highest BCUT2D eigenvalue weighted by Crippen LogP contribution is 2.16. The van der Waals surface area contributed by atoms with Crippen molar-refractivity contribution in [3.8, 4) is 5.75 Å². The Hall–Kier alpha value is -1.55. The number of carbonyl (C=O) groups is 1. The van der Waals surface area contributed by atoms with Crippen molar-refractivity contribution in [3.05, 3.63) is 29.8 Å². The highest BCUT2D eigenvalue weighted by molar-refractivity contribution is 5.79. The molecule has 1 amide bonds. The fraction of sp³-hybridized carbons (Fsp3) is 0.562. The normalized spacial score (nSPS) is 15.9. The van der Waals surface area contributed by atoms with Crippen molar-refractivity contribution in [2.75, 3.05) is 26.7 Å². The van der Waals surface area contributed by atoms with Gasteiger partial charge in [0.25, 0.3) is 0 Å². The first kappa shape index (κ1) is 14.9.